The summed E-state index contributed by atoms with van der Waals surface area (Å²) in [5.74, 6) is 0. The second-order valence-corrected chi connectivity index (χ2v) is 2.29. The first-order valence-corrected chi connectivity index (χ1v) is 3.55. The van der Waals surface area contributed by atoms with Crippen LogP contribution in [0.25, 0.3) is 0 Å². The summed E-state index contributed by atoms with van der Waals surface area (Å²) in [4.78, 5) is 4.19. The standard InChI is InChI=1S/C8H16N2/c1-5-7(2)10-6-8(3)9-4/h5-6,8-9H,1-4H3/b7-5+,10-6?. The molecule has 0 spiro atoms. The molecule has 0 aromatic carbocycles. The van der Waals surface area contributed by atoms with E-state index in [-0.39, 0.29) is 0 Å². The summed E-state index contributed by atoms with van der Waals surface area (Å²) in [6.07, 6.45) is 3.88. The summed E-state index contributed by atoms with van der Waals surface area (Å²) in [7, 11) is 1.92. The van der Waals surface area contributed by atoms with Crippen LogP contribution in [0.5, 0.6) is 0 Å². The first kappa shape index (κ1) is 9.37. The van der Waals surface area contributed by atoms with Crippen LogP contribution in [0.4, 0.5) is 0 Å². The number of allylic oxidation sites excluding steroid dienone is 2. The van der Waals surface area contributed by atoms with Gasteiger partial charge in [0.25, 0.3) is 0 Å². The lowest BCUT2D eigenvalue weighted by Gasteiger charge is -2.00. The minimum atomic E-state index is 0.356. The number of aliphatic imine (C=N–C) groups is 1. The quantitative estimate of drug-likeness (QED) is 0.591. The minimum Gasteiger partial charge on any atom is -0.312 e. The van der Waals surface area contributed by atoms with Crippen molar-refractivity contribution in [2.45, 2.75) is 26.8 Å². The van der Waals surface area contributed by atoms with E-state index in [9.17, 15) is 0 Å². The van der Waals surface area contributed by atoms with E-state index >= 15 is 0 Å². The molecule has 2 nitrogen and oxygen atoms in total. The fourth-order valence-corrected chi connectivity index (χ4v) is 0.378. The van der Waals surface area contributed by atoms with Crippen LogP contribution >= 0.6 is 0 Å². The Morgan fingerprint density at radius 1 is 1.60 bits per heavy atom. The monoisotopic (exact) mass is 140 g/mol. The van der Waals surface area contributed by atoms with Crippen molar-refractivity contribution in [3.05, 3.63) is 11.8 Å². The van der Waals surface area contributed by atoms with Gasteiger partial charge < -0.3 is 5.32 Å². The molecule has 0 aromatic rings. The number of rotatable bonds is 3. The summed E-state index contributed by atoms with van der Waals surface area (Å²) in [6.45, 7) is 6.03. The Labute approximate surface area is 63.0 Å². The summed E-state index contributed by atoms with van der Waals surface area (Å²) < 4.78 is 0. The highest BCUT2D eigenvalue weighted by atomic mass is 14.9. The predicted octanol–water partition coefficient (Wildman–Crippen LogP) is 1.59. The average molecular weight is 140 g/mol. The number of hydrogen-bond acceptors (Lipinski definition) is 2. The molecule has 2 heteroatoms. The van der Waals surface area contributed by atoms with Gasteiger partial charge in [0.2, 0.25) is 0 Å². The van der Waals surface area contributed by atoms with Crippen molar-refractivity contribution < 1.29 is 0 Å². The van der Waals surface area contributed by atoms with E-state index in [1.54, 1.807) is 0 Å². The van der Waals surface area contributed by atoms with Crippen LogP contribution < -0.4 is 5.32 Å². The van der Waals surface area contributed by atoms with Crippen molar-refractivity contribution >= 4 is 6.21 Å². The molecule has 0 bridgehead atoms. The van der Waals surface area contributed by atoms with E-state index in [1.165, 1.54) is 0 Å². The Hall–Kier alpha value is -0.630. The normalized spacial score (nSPS) is 16.2. The average Bonchev–Trinajstić information content (AvgIpc) is 1.99. The smallest absolute Gasteiger partial charge is 0.0393 e. The second kappa shape index (κ2) is 5.18. The highest BCUT2D eigenvalue weighted by Gasteiger charge is 1.88. The molecule has 1 atom stereocenters. The predicted molar refractivity (Wildman–Crippen MR) is 46.4 cm³/mol. The maximum absolute atomic E-state index is 4.19. The van der Waals surface area contributed by atoms with Gasteiger partial charge in [0.15, 0.2) is 0 Å². The van der Waals surface area contributed by atoms with Crippen LogP contribution in [0, 0.1) is 0 Å². The third-order valence-electron chi connectivity index (χ3n) is 1.37. The van der Waals surface area contributed by atoms with Crippen LogP contribution in [-0.4, -0.2) is 19.3 Å². The van der Waals surface area contributed by atoms with E-state index in [4.69, 9.17) is 0 Å². The molecule has 0 aliphatic heterocycles. The van der Waals surface area contributed by atoms with E-state index in [2.05, 4.69) is 17.2 Å². The second-order valence-electron chi connectivity index (χ2n) is 2.29. The SMILES string of the molecule is C/C=C(\C)N=CC(C)NC. The zero-order valence-electron chi connectivity index (χ0n) is 7.18. The summed E-state index contributed by atoms with van der Waals surface area (Å²) in [6, 6.07) is 0.356. The Kier molecular flexibility index (Phi) is 4.85. The van der Waals surface area contributed by atoms with Gasteiger partial charge >= 0.3 is 0 Å². The van der Waals surface area contributed by atoms with E-state index in [1.807, 2.05) is 33.2 Å². The fraction of sp³-hybridized carbons (Fsp3) is 0.625. The van der Waals surface area contributed by atoms with Gasteiger partial charge in [-0.2, -0.15) is 0 Å². The fourth-order valence-electron chi connectivity index (χ4n) is 0.378. The van der Waals surface area contributed by atoms with E-state index in [0.717, 1.165) is 5.70 Å². The first-order chi connectivity index (χ1) is 4.70. The Balaban J connectivity index is 3.75. The molecule has 0 aliphatic rings. The van der Waals surface area contributed by atoms with Crippen LogP contribution in [0.15, 0.2) is 16.8 Å². The van der Waals surface area contributed by atoms with Gasteiger partial charge in [0.05, 0.1) is 0 Å². The third kappa shape index (κ3) is 4.27. The van der Waals surface area contributed by atoms with Crippen molar-refractivity contribution in [3.63, 3.8) is 0 Å². The first-order valence-electron chi connectivity index (χ1n) is 3.55. The highest BCUT2D eigenvalue weighted by molar-refractivity contribution is 5.64. The molecule has 58 valence electrons. The van der Waals surface area contributed by atoms with Gasteiger partial charge in [0, 0.05) is 18.0 Å². The lowest BCUT2D eigenvalue weighted by Crippen LogP contribution is -2.22. The molecule has 0 amide bonds. The molecule has 10 heavy (non-hydrogen) atoms. The minimum absolute atomic E-state index is 0.356. The molecule has 0 rings (SSSR count). The molecule has 1 unspecified atom stereocenters. The molecule has 0 saturated carbocycles. The van der Waals surface area contributed by atoms with E-state index < -0.39 is 0 Å². The largest absolute Gasteiger partial charge is 0.312 e. The number of nitrogens with zero attached hydrogens (tertiary/aromatic N) is 1. The van der Waals surface area contributed by atoms with Crippen molar-refractivity contribution in [3.8, 4) is 0 Å². The van der Waals surface area contributed by atoms with Crippen LogP contribution in [-0.2, 0) is 0 Å². The molecule has 0 aromatic heterocycles. The van der Waals surface area contributed by atoms with Crippen molar-refractivity contribution in [2.75, 3.05) is 7.05 Å². The van der Waals surface area contributed by atoms with Crippen LogP contribution in [0.2, 0.25) is 0 Å². The van der Waals surface area contributed by atoms with Crippen LogP contribution in [0.1, 0.15) is 20.8 Å². The summed E-state index contributed by atoms with van der Waals surface area (Å²) >= 11 is 0. The maximum atomic E-state index is 4.19. The van der Waals surface area contributed by atoms with Crippen molar-refractivity contribution in [1.29, 1.82) is 0 Å². The van der Waals surface area contributed by atoms with Crippen molar-refractivity contribution in [2.24, 2.45) is 4.99 Å². The number of nitrogens with one attached hydrogen (secondary N) is 1. The Morgan fingerprint density at radius 3 is 2.60 bits per heavy atom. The Bertz CT molecular complexity index is 136. The van der Waals surface area contributed by atoms with Gasteiger partial charge in [-0.3, -0.25) is 4.99 Å². The van der Waals surface area contributed by atoms with Gasteiger partial charge in [-0.25, -0.2) is 0 Å². The molecule has 0 fully saturated rings. The molecular formula is C8H16N2. The topological polar surface area (TPSA) is 24.4 Å². The third-order valence-corrected chi connectivity index (χ3v) is 1.37. The number of hydrogen-bond donors (Lipinski definition) is 1. The maximum Gasteiger partial charge on any atom is 0.0393 e. The van der Waals surface area contributed by atoms with E-state index in [0.29, 0.717) is 6.04 Å². The van der Waals surface area contributed by atoms with Crippen molar-refractivity contribution in [1.82, 2.24) is 5.32 Å². The summed E-state index contributed by atoms with van der Waals surface area (Å²) in [5.41, 5.74) is 1.06. The Morgan fingerprint density at radius 2 is 2.20 bits per heavy atom. The van der Waals surface area contributed by atoms with Gasteiger partial charge in [-0.15, -0.1) is 0 Å². The van der Waals surface area contributed by atoms with Gasteiger partial charge in [-0.1, -0.05) is 6.08 Å². The summed E-state index contributed by atoms with van der Waals surface area (Å²) in [5, 5.41) is 3.07. The van der Waals surface area contributed by atoms with Gasteiger partial charge in [-0.05, 0) is 27.8 Å². The van der Waals surface area contributed by atoms with Crippen LogP contribution in [0.3, 0.4) is 0 Å². The molecule has 0 aliphatic carbocycles. The molecule has 0 radical (unpaired) electrons. The molecular weight excluding hydrogens is 124 g/mol. The zero-order chi connectivity index (χ0) is 7.98. The lowest BCUT2D eigenvalue weighted by molar-refractivity contribution is 0.773. The highest BCUT2D eigenvalue weighted by Crippen LogP contribution is 1.91. The molecule has 1 N–H and O–H groups in total. The molecule has 0 saturated heterocycles. The zero-order valence-corrected chi connectivity index (χ0v) is 7.18. The molecule has 0 heterocycles. The lowest BCUT2D eigenvalue weighted by atomic mass is 10.4. The van der Waals surface area contributed by atoms with Gasteiger partial charge in [0.1, 0.15) is 0 Å².